The van der Waals surface area contributed by atoms with Gasteiger partial charge in [-0.1, -0.05) is 30.3 Å². The minimum Gasteiger partial charge on any atom is -0.346 e. The fraction of sp³-hybridized carbons (Fsp3) is 0.286. The van der Waals surface area contributed by atoms with Crippen LogP contribution in [0.1, 0.15) is 24.2 Å². The van der Waals surface area contributed by atoms with Gasteiger partial charge in [-0.25, -0.2) is 9.37 Å². The Labute approximate surface area is 167 Å². The molecule has 28 heavy (non-hydrogen) atoms. The number of hydrogen-bond acceptors (Lipinski definition) is 5. The molecule has 0 spiro atoms. The van der Waals surface area contributed by atoms with Gasteiger partial charge in [0.25, 0.3) is 0 Å². The van der Waals surface area contributed by atoms with Crippen LogP contribution in [0.25, 0.3) is 0 Å². The van der Waals surface area contributed by atoms with E-state index in [1.54, 1.807) is 12.1 Å². The van der Waals surface area contributed by atoms with E-state index in [-0.39, 0.29) is 17.6 Å². The standard InChI is InChI=1S/C21H21FN4OS/c22-17-8-10-18(11-9-17)23-20(27)16-7-4-12-26(14-16)21-24-19(25-28-21)13-15-5-2-1-3-6-15/h1-3,5-6,8-11,16H,4,7,12-14H2,(H,23,27)/t16-/m0/s1. The highest BCUT2D eigenvalue weighted by atomic mass is 32.1. The van der Waals surface area contributed by atoms with Crippen molar-refractivity contribution in [3.05, 3.63) is 71.8 Å². The van der Waals surface area contributed by atoms with E-state index in [9.17, 15) is 9.18 Å². The van der Waals surface area contributed by atoms with Gasteiger partial charge in [0.15, 0.2) is 0 Å². The molecule has 5 nitrogen and oxygen atoms in total. The third kappa shape index (κ3) is 4.54. The van der Waals surface area contributed by atoms with Crippen molar-refractivity contribution in [1.29, 1.82) is 0 Å². The van der Waals surface area contributed by atoms with Crippen molar-refractivity contribution < 1.29 is 9.18 Å². The molecule has 7 heteroatoms. The average Bonchev–Trinajstić information content (AvgIpc) is 3.19. The molecule has 1 aromatic heterocycles. The molecule has 4 rings (SSSR count). The number of benzene rings is 2. The van der Waals surface area contributed by atoms with E-state index in [1.165, 1.54) is 29.2 Å². The third-order valence-corrected chi connectivity index (χ3v) is 5.65. The number of anilines is 2. The van der Waals surface area contributed by atoms with Crippen LogP contribution in [-0.2, 0) is 11.2 Å². The molecule has 2 aromatic carbocycles. The van der Waals surface area contributed by atoms with Gasteiger partial charge in [-0.2, -0.15) is 4.37 Å². The zero-order valence-corrected chi connectivity index (χ0v) is 16.2. The largest absolute Gasteiger partial charge is 0.346 e. The predicted molar refractivity (Wildman–Crippen MR) is 109 cm³/mol. The van der Waals surface area contributed by atoms with Crippen LogP contribution >= 0.6 is 11.5 Å². The maximum absolute atomic E-state index is 13.0. The maximum atomic E-state index is 13.0. The molecule has 1 atom stereocenters. The van der Waals surface area contributed by atoms with Gasteiger partial charge in [-0.15, -0.1) is 0 Å². The Hall–Kier alpha value is -2.80. The number of carbonyl (C=O) groups is 1. The summed E-state index contributed by atoms with van der Waals surface area (Å²) >= 11 is 1.39. The highest BCUT2D eigenvalue weighted by molar-refractivity contribution is 7.09. The zero-order valence-electron chi connectivity index (χ0n) is 15.3. The molecule has 0 aliphatic carbocycles. The second-order valence-corrected chi connectivity index (χ2v) is 7.67. The first kappa shape index (κ1) is 18.6. The van der Waals surface area contributed by atoms with Crippen molar-refractivity contribution in [3.8, 4) is 0 Å². The fourth-order valence-electron chi connectivity index (χ4n) is 3.37. The van der Waals surface area contributed by atoms with Gasteiger partial charge in [0.2, 0.25) is 11.0 Å². The second-order valence-electron chi connectivity index (χ2n) is 6.94. The highest BCUT2D eigenvalue weighted by Gasteiger charge is 2.27. The number of aromatic nitrogens is 2. The monoisotopic (exact) mass is 396 g/mol. The molecular formula is C21H21FN4OS. The first-order valence-corrected chi connectivity index (χ1v) is 10.1. The Morgan fingerprint density at radius 3 is 2.75 bits per heavy atom. The Morgan fingerprint density at radius 1 is 1.18 bits per heavy atom. The van der Waals surface area contributed by atoms with Gasteiger partial charge in [0.05, 0.1) is 5.92 Å². The number of amides is 1. The summed E-state index contributed by atoms with van der Waals surface area (Å²) < 4.78 is 17.5. The van der Waals surface area contributed by atoms with Gasteiger partial charge < -0.3 is 10.2 Å². The molecule has 0 radical (unpaired) electrons. The van der Waals surface area contributed by atoms with Gasteiger partial charge in [-0.3, -0.25) is 4.79 Å². The minimum atomic E-state index is -0.315. The number of hydrogen-bond donors (Lipinski definition) is 1. The SMILES string of the molecule is O=C(Nc1ccc(F)cc1)[C@H]1CCCN(c2nc(Cc3ccccc3)ns2)C1. The Morgan fingerprint density at radius 2 is 1.96 bits per heavy atom. The van der Waals surface area contributed by atoms with E-state index in [0.717, 1.165) is 30.3 Å². The molecule has 1 aliphatic rings. The molecule has 1 N–H and O–H groups in total. The summed E-state index contributed by atoms with van der Waals surface area (Å²) in [6, 6.07) is 16.0. The molecule has 144 valence electrons. The molecule has 0 unspecified atom stereocenters. The lowest BCUT2D eigenvalue weighted by Gasteiger charge is -2.31. The van der Waals surface area contributed by atoms with Crippen molar-refractivity contribution in [1.82, 2.24) is 9.36 Å². The zero-order chi connectivity index (χ0) is 19.3. The van der Waals surface area contributed by atoms with Crippen LogP contribution in [0, 0.1) is 11.7 Å². The van der Waals surface area contributed by atoms with E-state index in [4.69, 9.17) is 0 Å². The lowest BCUT2D eigenvalue weighted by Crippen LogP contribution is -2.40. The summed E-state index contributed by atoms with van der Waals surface area (Å²) in [5.74, 6) is 0.333. The van der Waals surface area contributed by atoms with Crippen molar-refractivity contribution >= 4 is 28.3 Å². The Balaban J connectivity index is 1.38. The number of nitrogens with one attached hydrogen (secondary N) is 1. The number of carbonyl (C=O) groups excluding carboxylic acids is 1. The van der Waals surface area contributed by atoms with E-state index in [2.05, 4.69) is 31.7 Å². The molecule has 0 bridgehead atoms. The quantitative estimate of drug-likeness (QED) is 0.705. The van der Waals surface area contributed by atoms with Crippen LogP contribution in [-0.4, -0.2) is 28.4 Å². The summed E-state index contributed by atoms with van der Waals surface area (Å²) in [5, 5.41) is 3.75. The van der Waals surface area contributed by atoms with Crippen molar-refractivity contribution in [3.63, 3.8) is 0 Å². The van der Waals surface area contributed by atoms with Crippen LogP contribution in [0.4, 0.5) is 15.2 Å². The van der Waals surface area contributed by atoms with E-state index in [0.29, 0.717) is 18.7 Å². The molecule has 1 saturated heterocycles. The van der Waals surface area contributed by atoms with Gasteiger partial charge in [0, 0.05) is 36.7 Å². The first-order chi connectivity index (χ1) is 13.7. The van der Waals surface area contributed by atoms with E-state index in [1.807, 2.05) is 18.2 Å². The van der Waals surface area contributed by atoms with Crippen LogP contribution in [0.3, 0.4) is 0 Å². The fourth-order valence-corrected chi connectivity index (χ4v) is 4.09. The highest BCUT2D eigenvalue weighted by Crippen LogP contribution is 2.26. The Kier molecular flexibility index (Phi) is 5.62. The van der Waals surface area contributed by atoms with Crippen LogP contribution in [0.5, 0.6) is 0 Å². The van der Waals surface area contributed by atoms with Gasteiger partial charge in [-0.05, 0) is 42.7 Å². The summed E-state index contributed by atoms with van der Waals surface area (Å²) in [5.41, 5.74) is 1.80. The maximum Gasteiger partial charge on any atom is 0.229 e. The molecule has 2 heterocycles. The lowest BCUT2D eigenvalue weighted by molar-refractivity contribution is -0.120. The number of halogens is 1. The van der Waals surface area contributed by atoms with Crippen LogP contribution in [0.2, 0.25) is 0 Å². The summed E-state index contributed by atoms with van der Waals surface area (Å²) in [6.45, 7) is 1.49. The Bertz CT molecular complexity index is 929. The molecule has 1 aliphatic heterocycles. The topological polar surface area (TPSA) is 58.1 Å². The summed E-state index contributed by atoms with van der Waals surface area (Å²) in [6.07, 6.45) is 2.47. The molecule has 1 amide bonds. The minimum absolute atomic E-state index is 0.0367. The second kappa shape index (κ2) is 8.48. The lowest BCUT2D eigenvalue weighted by atomic mass is 9.97. The number of nitrogens with zero attached hydrogens (tertiary/aromatic N) is 3. The smallest absolute Gasteiger partial charge is 0.229 e. The summed E-state index contributed by atoms with van der Waals surface area (Å²) in [4.78, 5) is 19.4. The van der Waals surface area contributed by atoms with Crippen LogP contribution < -0.4 is 10.2 Å². The molecule has 0 saturated carbocycles. The van der Waals surface area contributed by atoms with Crippen LogP contribution in [0.15, 0.2) is 54.6 Å². The normalized spacial score (nSPS) is 16.8. The molecule has 3 aromatic rings. The average molecular weight is 396 g/mol. The third-order valence-electron chi connectivity index (χ3n) is 4.84. The van der Waals surface area contributed by atoms with E-state index < -0.39 is 0 Å². The predicted octanol–water partition coefficient (Wildman–Crippen LogP) is 4.12. The molecule has 1 fully saturated rings. The van der Waals surface area contributed by atoms with Crippen molar-refractivity contribution in [2.75, 3.05) is 23.3 Å². The van der Waals surface area contributed by atoms with Gasteiger partial charge >= 0.3 is 0 Å². The summed E-state index contributed by atoms with van der Waals surface area (Å²) in [7, 11) is 0. The number of rotatable bonds is 5. The van der Waals surface area contributed by atoms with E-state index >= 15 is 0 Å². The number of piperidine rings is 1. The first-order valence-electron chi connectivity index (χ1n) is 9.35. The van der Waals surface area contributed by atoms with Crippen molar-refractivity contribution in [2.24, 2.45) is 5.92 Å². The van der Waals surface area contributed by atoms with Crippen molar-refractivity contribution in [2.45, 2.75) is 19.3 Å². The molecular weight excluding hydrogens is 375 g/mol. The van der Waals surface area contributed by atoms with Gasteiger partial charge in [0.1, 0.15) is 11.6 Å².